The highest BCUT2D eigenvalue weighted by molar-refractivity contribution is 5.83. The molecule has 8 atom stereocenters. The van der Waals surface area contributed by atoms with Crippen LogP contribution in [0.3, 0.4) is 0 Å². The van der Waals surface area contributed by atoms with E-state index in [-0.39, 0.29) is 29.8 Å². The normalized spacial score (nSPS) is 45.1. The molecule has 0 heterocycles. The topological polar surface area (TPSA) is 63.6 Å². The fourth-order valence-corrected chi connectivity index (χ4v) is 8.60. The maximum absolute atomic E-state index is 13.4. The molecule has 0 aromatic carbocycles. The van der Waals surface area contributed by atoms with Gasteiger partial charge in [0.2, 0.25) is 0 Å². The van der Waals surface area contributed by atoms with E-state index in [0.29, 0.717) is 47.7 Å². The quantitative estimate of drug-likeness (QED) is 0.670. The minimum Gasteiger partial charge on any atom is -0.469 e. The Kier molecular flexibility index (Phi) is 5.87. The van der Waals surface area contributed by atoms with E-state index < -0.39 is 0 Å². The predicted octanol–water partition coefficient (Wildman–Crippen LogP) is 4.78. The molecule has 1 N–H and O–H groups in total. The van der Waals surface area contributed by atoms with Gasteiger partial charge in [0.05, 0.1) is 7.11 Å². The van der Waals surface area contributed by atoms with Crippen molar-refractivity contribution in [3.63, 3.8) is 0 Å². The Morgan fingerprint density at radius 3 is 2.59 bits per heavy atom. The molecule has 4 heteroatoms. The first-order valence-corrected chi connectivity index (χ1v) is 12.1. The van der Waals surface area contributed by atoms with Gasteiger partial charge in [-0.25, -0.2) is 0 Å². The molecule has 0 spiro atoms. The van der Waals surface area contributed by atoms with Crippen LogP contribution in [0.1, 0.15) is 84.5 Å². The summed E-state index contributed by atoms with van der Waals surface area (Å²) in [6.45, 7) is 5.03. The van der Waals surface area contributed by atoms with Crippen molar-refractivity contribution in [2.45, 2.75) is 84.5 Å². The van der Waals surface area contributed by atoms with Gasteiger partial charge in [-0.2, -0.15) is 0 Å². The van der Waals surface area contributed by atoms with Crippen LogP contribution in [0, 0.1) is 46.3 Å². The Morgan fingerprint density at radius 1 is 1.10 bits per heavy atom. The molecule has 29 heavy (non-hydrogen) atoms. The van der Waals surface area contributed by atoms with Gasteiger partial charge < -0.3 is 9.84 Å². The maximum atomic E-state index is 13.4. The van der Waals surface area contributed by atoms with Crippen LogP contribution >= 0.6 is 0 Å². The zero-order chi connectivity index (χ0) is 20.8. The van der Waals surface area contributed by atoms with Crippen LogP contribution in [0.2, 0.25) is 0 Å². The molecule has 4 fully saturated rings. The molecule has 4 saturated carbocycles. The van der Waals surface area contributed by atoms with Crippen molar-refractivity contribution in [3.8, 4) is 0 Å². The van der Waals surface area contributed by atoms with Crippen LogP contribution in [0.15, 0.2) is 0 Å². The summed E-state index contributed by atoms with van der Waals surface area (Å²) in [5.74, 6) is 2.77. The minimum atomic E-state index is -0.189. The Labute approximate surface area is 176 Å². The number of methoxy groups -OCH3 is 1. The third-order valence-corrected chi connectivity index (χ3v) is 10.2. The van der Waals surface area contributed by atoms with E-state index >= 15 is 0 Å². The van der Waals surface area contributed by atoms with Crippen molar-refractivity contribution in [1.29, 1.82) is 0 Å². The zero-order valence-corrected chi connectivity index (χ0v) is 18.6. The van der Waals surface area contributed by atoms with Gasteiger partial charge in [-0.1, -0.05) is 26.7 Å². The number of rotatable bonds is 5. The predicted molar refractivity (Wildman–Crippen MR) is 112 cm³/mol. The summed E-state index contributed by atoms with van der Waals surface area (Å²) in [7, 11) is 1.43. The number of fused-ring (bicyclic) bond motifs is 5. The van der Waals surface area contributed by atoms with E-state index in [1.807, 2.05) is 0 Å². The number of esters is 1. The van der Waals surface area contributed by atoms with Gasteiger partial charge in [0.1, 0.15) is 5.78 Å². The van der Waals surface area contributed by atoms with E-state index in [4.69, 9.17) is 4.74 Å². The summed E-state index contributed by atoms with van der Waals surface area (Å²) < 4.78 is 4.82. The number of carbonyl (C=O) groups excluding carboxylic acids is 2. The van der Waals surface area contributed by atoms with E-state index in [0.717, 1.165) is 19.3 Å². The van der Waals surface area contributed by atoms with Gasteiger partial charge >= 0.3 is 5.97 Å². The lowest BCUT2D eigenvalue weighted by atomic mass is 9.44. The monoisotopic (exact) mass is 404 g/mol. The molecule has 0 aromatic rings. The van der Waals surface area contributed by atoms with Crippen molar-refractivity contribution < 1.29 is 19.4 Å². The Hall–Kier alpha value is -0.900. The van der Waals surface area contributed by atoms with Gasteiger partial charge in [0.25, 0.3) is 0 Å². The largest absolute Gasteiger partial charge is 0.469 e. The maximum Gasteiger partial charge on any atom is 0.305 e. The summed E-state index contributed by atoms with van der Waals surface area (Å²) in [6, 6.07) is 0. The summed E-state index contributed by atoms with van der Waals surface area (Å²) >= 11 is 0. The molecule has 4 nitrogen and oxygen atoms in total. The van der Waals surface area contributed by atoms with E-state index in [1.165, 1.54) is 45.6 Å². The van der Waals surface area contributed by atoms with Crippen LogP contribution in [0.4, 0.5) is 0 Å². The van der Waals surface area contributed by atoms with Crippen molar-refractivity contribution in [3.05, 3.63) is 0 Å². The molecule has 4 rings (SSSR count). The first-order valence-electron chi connectivity index (χ1n) is 12.1. The number of aliphatic hydroxyl groups excluding tert-OH is 1. The highest BCUT2D eigenvalue weighted by Crippen LogP contribution is 2.67. The number of ether oxygens (including phenoxy) is 1. The number of Topliss-reactive ketones (excluding diaryl/α,β-unsaturated/α-hetero) is 1. The summed E-state index contributed by atoms with van der Waals surface area (Å²) in [5, 5.41) is 10.1. The van der Waals surface area contributed by atoms with Crippen LogP contribution in [0.25, 0.3) is 0 Å². The molecule has 0 bridgehead atoms. The molecule has 0 amide bonds. The lowest BCUT2D eigenvalue weighted by molar-refractivity contribution is -0.157. The van der Waals surface area contributed by atoms with Crippen molar-refractivity contribution in [1.82, 2.24) is 0 Å². The SMILES string of the molecule is COC(=O)CC[C@@H](CO)[C@H]1CC[C@H]2[C@@H]3C(=O)C[C@@H]4CCCC[C@]4(C)[C@H]3CC[C@]12C. The molecule has 164 valence electrons. The second kappa shape index (κ2) is 7.98. The highest BCUT2D eigenvalue weighted by Gasteiger charge is 2.62. The Bertz CT molecular complexity index is 645. The molecule has 4 aliphatic rings. The second-order valence-electron chi connectivity index (χ2n) is 11.1. The lowest BCUT2D eigenvalue weighted by Crippen LogP contribution is -2.56. The fourth-order valence-electron chi connectivity index (χ4n) is 8.60. The second-order valence-corrected chi connectivity index (χ2v) is 11.1. The Morgan fingerprint density at radius 2 is 1.86 bits per heavy atom. The van der Waals surface area contributed by atoms with Gasteiger partial charge in [-0.3, -0.25) is 9.59 Å². The van der Waals surface area contributed by atoms with E-state index in [1.54, 1.807) is 0 Å². The summed E-state index contributed by atoms with van der Waals surface area (Å²) in [6.07, 6.45) is 11.6. The third kappa shape index (κ3) is 3.38. The van der Waals surface area contributed by atoms with Gasteiger partial charge in [0.15, 0.2) is 0 Å². The lowest BCUT2D eigenvalue weighted by Gasteiger charge is -2.60. The van der Waals surface area contributed by atoms with Crippen molar-refractivity contribution >= 4 is 11.8 Å². The van der Waals surface area contributed by atoms with Gasteiger partial charge in [-0.05, 0) is 85.4 Å². The molecule has 0 aromatic heterocycles. The van der Waals surface area contributed by atoms with E-state index in [9.17, 15) is 14.7 Å². The van der Waals surface area contributed by atoms with Crippen LogP contribution in [-0.4, -0.2) is 30.6 Å². The van der Waals surface area contributed by atoms with Crippen LogP contribution < -0.4 is 0 Å². The standard InChI is InChI=1S/C25H40O4/c1-24-12-5-4-6-17(24)14-21(27)23-19-9-8-18(25(19,2)13-11-20(23)24)16(15-26)7-10-22(28)29-3/h16-20,23,26H,4-15H2,1-3H3/t16-,17-,18+,19-,20-,23-,24-,25+/m0/s1. The number of ketones is 1. The highest BCUT2D eigenvalue weighted by atomic mass is 16.5. The Balaban J connectivity index is 1.55. The number of aliphatic hydroxyl groups is 1. The summed E-state index contributed by atoms with van der Waals surface area (Å²) in [4.78, 5) is 25.1. The minimum absolute atomic E-state index is 0.123. The molecule has 0 radical (unpaired) electrons. The molecule has 0 saturated heterocycles. The van der Waals surface area contributed by atoms with Gasteiger partial charge in [0, 0.05) is 25.4 Å². The molecule has 4 aliphatic carbocycles. The summed E-state index contributed by atoms with van der Waals surface area (Å²) in [5.41, 5.74) is 0.482. The molecule has 0 aliphatic heterocycles. The first-order chi connectivity index (χ1) is 13.8. The van der Waals surface area contributed by atoms with Crippen molar-refractivity contribution in [2.75, 3.05) is 13.7 Å². The molecular formula is C25H40O4. The average molecular weight is 405 g/mol. The van der Waals surface area contributed by atoms with E-state index in [2.05, 4.69) is 13.8 Å². The number of hydrogen-bond acceptors (Lipinski definition) is 4. The van der Waals surface area contributed by atoms with Crippen molar-refractivity contribution in [2.24, 2.45) is 46.3 Å². The first kappa shape index (κ1) is 21.3. The molecule has 0 unspecified atom stereocenters. The number of carbonyl (C=O) groups is 2. The van der Waals surface area contributed by atoms with Crippen LogP contribution in [-0.2, 0) is 14.3 Å². The average Bonchev–Trinajstić information content (AvgIpc) is 3.06. The van der Waals surface area contributed by atoms with Crippen LogP contribution in [0.5, 0.6) is 0 Å². The fraction of sp³-hybridized carbons (Fsp3) is 0.920. The smallest absolute Gasteiger partial charge is 0.305 e. The zero-order valence-electron chi connectivity index (χ0n) is 18.6. The number of hydrogen-bond donors (Lipinski definition) is 1. The molecular weight excluding hydrogens is 364 g/mol. The van der Waals surface area contributed by atoms with Gasteiger partial charge in [-0.15, -0.1) is 0 Å². The third-order valence-electron chi connectivity index (χ3n) is 10.2.